The number of amides is 1. The maximum atomic E-state index is 12.6. The Kier molecular flexibility index (Phi) is 5.06. The summed E-state index contributed by atoms with van der Waals surface area (Å²) in [6.07, 6.45) is 2.29. The molecule has 1 fully saturated rings. The number of carbonyl (C=O) groups is 1. The van der Waals surface area contributed by atoms with Crippen molar-refractivity contribution < 1.29 is 9.21 Å². The molecule has 1 amide bonds. The summed E-state index contributed by atoms with van der Waals surface area (Å²) >= 11 is 0. The lowest BCUT2D eigenvalue weighted by atomic mass is 9.98. The van der Waals surface area contributed by atoms with Gasteiger partial charge in [0.2, 0.25) is 5.91 Å². The van der Waals surface area contributed by atoms with E-state index >= 15 is 0 Å². The maximum Gasteiger partial charge on any atom is 0.233 e. The Morgan fingerprint density at radius 2 is 2.00 bits per heavy atom. The molecule has 1 atom stereocenters. The Morgan fingerprint density at radius 1 is 1.24 bits per heavy atom. The lowest BCUT2D eigenvalue weighted by Crippen LogP contribution is -2.27. The molecular weight excluding hydrogens is 338 g/mol. The SMILES string of the molecule is Cl.NCC(C(=O)Nc1ccc2oc(C3CC3)nc2c1)c1ccccc1. The molecule has 1 aliphatic carbocycles. The van der Waals surface area contributed by atoms with Crippen molar-refractivity contribution in [3.63, 3.8) is 0 Å². The van der Waals surface area contributed by atoms with Crippen LogP contribution < -0.4 is 11.1 Å². The van der Waals surface area contributed by atoms with E-state index in [1.165, 1.54) is 0 Å². The first-order chi connectivity index (χ1) is 11.7. The van der Waals surface area contributed by atoms with Crippen LogP contribution in [0.4, 0.5) is 5.69 Å². The number of nitrogens with one attached hydrogen (secondary N) is 1. The number of oxazole rings is 1. The average molecular weight is 358 g/mol. The van der Waals surface area contributed by atoms with Crippen molar-refractivity contribution >= 4 is 35.1 Å². The van der Waals surface area contributed by atoms with E-state index in [2.05, 4.69) is 10.3 Å². The first-order valence-electron chi connectivity index (χ1n) is 8.21. The molecule has 0 radical (unpaired) electrons. The minimum atomic E-state index is -0.374. The fraction of sp³-hybridized carbons (Fsp3) is 0.263. The molecule has 1 unspecified atom stereocenters. The van der Waals surface area contributed by atoms with Crippen LogP contribution in [0.25, 0.3) is 11.1 Å². The van der Waals surface area contributed by atoms with Crippen LogP contribution in [0.2, 0.25) is 0 Å². The van der Waals surface area contributed by atoms with Gasteiger partial charge in [-0.25, -0.2) is 4.98 Å². The highest BCUT2D eigenvalue weighted by molar-refractivity contribution is 5.97. The standard InChI is InChI=1S/C19H19N3O2.ClH/c20-11-15(12-4-2-1-3-5-12)18(23)21-14-8-9-17-16(10-14)22-19(24-17)13-6-7-13;/h1-5,8-10,13,15H,6-7,11,20H2,(H,21,23);1H. The highest BCUT2D eigenvalue weighted by Gasteiger charge is 2.29. The zero-order valence-electron chi connectivity index (χ0n) is 13.6. The largest absolute Gasteiger partial charge is 0.440 e. The molecule has 5 nitrogen and oxygen atoms in total. The van der Waals surface area contributed by atoms with Gasteiger partial charge in [-0.3, -0.25) is 4.79 Å². The monoisotopic (exact) mass is 357 g/mol. The molecule has 0 aliphatic heterocycles. The Morgan fingerprint density at radius 3 is 2.68 bits per heavy atom. The number of benzene rings is 2. The average Bonchev–Trinajstić information content (AvgIpc) is 3.36. The lowest BCUT2D eigenvalue weighted by Gasteiger charge is -2.15. The highest BCUT2D eigenvalue weighted by atomic mass is 35.5. The van der Waals surface area contributed by atoms with E-state index in [0.29, 0.717) is 11.6 Å². The van der Waals surface area contributed by atoms with Crippen LogP contribution >= 0.6 is 12.4 Å². The minimum absolute atomic E-state index is 0. The van der Waals surface area contributed by atoms with Crippen molar-refractivity contribution in [2.75, 3.05) is 11.9 Å². The van der Waals surface area contributed by atoms with E-state index in [1.54, 1.807) is 0 Å². The summed E-state index contributed by atoms with van der Waals surface area (Å²) in [5.74, 6) is 0.780. The number of carbonyl (C=O) groups excluding carboxylic acids is 1. The Bertz CT molecular complexity index is 875. The Hall–Kier alpha value is -2.37. The summed E-state index contributed by atoms with van der Waals surface area (Å²) < 4.78 is 5.75. The molecule has 1 aromatic heterocycles. The molecule has 2 aromatic carbocycles. The second-order valence-corrected chi connectivity index (χ2v) is 6.20. The number of nitrogens with zero attached hydrogens (tertiary/aromatic N) is 1. The van der Waals surface area contributed by atoms with Gasteiger partial charge in [0.15, 0.2) is 11.5 Å². The number of nitrogens with two attached hydrogens (primary N) is 1. The molecule has 1 saturated carbocycles. The normalized spacial score (nSPS) is 14.8. The molecule has 4 rings (SSSR count). The number of hydrogen-bond acceptors (Lipinski definition) is 4. The van der Waals surface area contributed by atoms with E-state index in [1.807, 2.05) is 48.5 Å². The van der Waals surface area contributed by atoms with Crippen LogP contribution in [0.1, 0.15) is 36.1 Å². The van der Waals surface area contributed by atoms with Crippen LogP contribution in [0.15, 0.2) is 52.9 Å². The summed E-state index contributed by atoms with van der Waals surface area (Å²) in [6.45, 7) is 0.258. The van der Waals surface area contributed by atoms with Crippen molar-refractivity contribution in [1.29, 1.82) is 0 Å². The predicted molar refractivity (Wildman–Crippen MR) is 100 cm³/mol. The fourth-order valence-corrected chi connectivity index (χ4v) is 2.84. The summed E-state index contributed by atoms with van der Waals surface area (Å²) in [5, 5.41) is 2.94. The van der Waals surface area contributed by atoms with Crippen LogP contribution in [-0.2, 0) is 4.79 Å². The second-order valence-electron chi connectivity index (χ2n) is 6.20. The number of hydrogen-bond donors (Lipinski definition) is 2. The van der Waals surface area contributed by atoms with E-state index in [0.717, 1.165) is 35.4 Å². The molecular formula is C19H20ClN3O2. The van der Waals surface area contributed by atoms with Crippen molar-refractivity contribution in [3.8, 4) is 0 Å². The van der Waals surface area contributed by atoms with E-state index in [9.17, 15) is 4.79 Å². The molecule has 0 saturated heterocycles. The molecule has 0 bridgehead atoms. The van der Waals surface area contributed by atoms with Crippen molar-refractivity contribution in [3.05, 3.63) is 60.0 Å². The minimum Gasteiger partial charge on any atom is -0.440 e. The number of anilines is 1. The van der Waals surface area contributed by atoms with Gasteiger partial charge in [0.25, 0.3) is 0 Å². The molecule has 0 spiro atoms. The molecule has 1 heterocycles. The van der Waals surface area contributed by atoms with Crippen LogP contribution in [0, 0.1) is 0 Å². The van der Waals surface area contributed by atoms with Gasteiger partial charge in [-0.2, -0.15) is 0 Å². The summed E-state index contributed by atoms with van der Waals surface area (Å²) in [7, 11) is 0. The van der Waals surface area contributed by atoms with Gasteiger partial charge >= 0.3 is 0 Å². The van der Waals surface area contributed by atoms with Gasteiger partial charge in [-0.05, 0) is 36.6 Å². The van der Waals surface area contributed by atoms with Gasteiger partial charge < -0.3 is 15.5 Å². The van der Waals surface area contributed by atoms with Crippen LogP contribution in [0.5, 0.6) is 0 Å². The summed E-state index contributed by atoms with van der Waals surface area (Å²) in [5.41, 5.74) is 8.96. The maximum absolute atomic E-state index is 12.6. The third kappa shape index (κ3) is 3.67. The highest BCUT2D eigenvalue weighted by Crippen LogP contribution is 2.40. The van der Waals surface area contributed by atoms with Crippen LogP contribution in [-0.4, -0.2) is 17.4 Å². The first-order valence-corrected chi connectivity index (χ1v) is 8.21. The summed E-state index contributed by atoms with van der Waals surface area (Å²) in [6, 6.07) is 15.1. The number of fused-ring (bicyclic) bond motifs is 1. The summed E-state index contributed by atoms with van der Waals surface area (Å²) in [4.78, 5) is 17.1. The van der Waals surface area contributed by atoms with Gasteiger partial charge in [-0.1, -0.05) is 30.3 Å². The molecule has 3 N–H and O–H groups in total. The zero-order valence-corrected chi connectivity index (χ0v) is 14.5. The molecule has 130 valence electrons. The molecule has 25 heavy (non-hydrogen) atoms. The molecule has 1 aliphatic rings. The van der Waals surface area contributed by atoms with Gasteiger partial charge in [0.1, 0.15) is 5.52 Å². The first kappa shape index (κ1) is 17.5. The third-order valence-corrected chi connectivity index (χ3v) is 4.35. The van der Waals surface area contributed by atoms with Gasteiger partial charge in [0, 0.05) is 18.2 Å². The van der Waals surface area contributed by atoms with Gasteiger partial charge in [-0.15, -0.1) is 12.4 Å². The van der Waals surface area contributed by atoms with Crippen molar-refractivity contribution in [2.45, 2.75) is 24.7 Å². The number of rotatable bonds is 5. The van der Waals surface area contributed by atoms with E-state index in [-0.39, 0.29) is 30.8 Å². The Labute approximate surface area is 152 Å². The smallest absolute Gasteiger partial charge is 0.233 e. The zero-order chi connectivity index (χ0) is 16.5. The second kappa shape index (κ2) is 7.25. The number of aromatic nitrogens is 1. The fourth-order valence-electron chi connectivity index (χ4n) is 2.84. The van der Waals surface area contributed by atoms with E-state index < -0.39 is 0 Å². The lowest BCUT2D eigenvalue weighted by molar-refractivity contribution is -0.117. The van der Waals surface area contributed by atoms with Crippen molar-refractivity contribution in [1.82, 2.24) is 4.98 Å². The van der Waals surface area contributed by atoms with Crippen molar-refractivity contribution in [2.24, 2.45) is 5.73 Å². The quantitative estimate of drug-likeness (QED) is 0.727. The van der Waals surface area contributed by atoms with E-state index in [4.69, 9.17) is 10.2 Å². The molecule has 6 heteroatoms. The van der Waals surface area contributed by atoms with Gasteiger partial charge in [0.05, 0.1) is 5.92 Å². The molecule has 3 aromatic rings. The van der Waals surface area contributed by atoms with Crippen LogP contribution in [0.3, 0.4) is 0 Å². The third-order valence-electron chi connectivity index (χ3n) is 4.35. The predicted octanol–water partition coefficient (Wildman–Crippen LogP) is 3.81. The Balaban J connectivity index is 0.00000182. The topological polar surface area (TPSA) is 81.2 Å². The number of halogens is 1.